The fraction of sp³-hybridized carbons (Fsp3) is 0.259. The summed E-state index contributed by atoms with van der Waals surface area (Å²) in [5.74, 6) is 0.220. The van der Waals surface area contributed by atoms with Gasteiger partial charge in [-0.15, -0.1) is 0 Å². The molecular weight excluding hydrogens is 514 g/mol. The van der Waals surface area contributed by atoms with Gasteiger partial charge in [0.2, 0.25) is 11.8 Å². The summed E-state index contributed by atoms with van der Waals surface area (Å²) in [6.45, 7) is 1.15. The number of anilines is 1. The highest BCUT2D eigenvalue weighted by atomic mass is 35.5. The molecule has 8 nitrogen and oxygen atoms in total. The molecule has 0 aromatic heterocycles. The van der Waals surface area contributed by atoms with Gasteiger partial charge in [-0.25, -0.2) is 8.42 Å². The maximum absolute atomic E-state index is 13.5. The summed E-state index contributed by atoms with van der Waals surface area (Å²) in [5.41, 5.74) is 2.15. The first-order valence-electron chi connectivity index (χ1n) is 11.8. The minimum Gasteiger partial charge on any atom is -0.497 e. The van der Waals surface area contributed by atoms with Gasteiger partial charge in [-0.2, -0.15) is 0 Å². The van der Waals surface area contributed by atoms with Gasteiger partial charge in [-0.05, 0) is 60.0 Å². The van der Waals surface area contributed by atoms with Gasteiger partial charge in [0, 0.05) is 31.1 Å². The maximum Gasteiger partial charge on any atom is 0.264 e. The van der Waals surface area contributed by atoms with Crippen molar-refractivity contribution in [2.45, 2.75) is 30.8 Å². The number of benzene rings is 3. The molecule has 2 amide bonds. The van der Waals surface area contributed by atoms with E-state index in [0.717, 1.165) is 28.4 Å². The second-order valence-electron chi connectivity index (χ2n) is 8.68. The van der Waals surface area contributed by atoms with Crippen molar-refractivity contribution in [3.8, 4) is 5.75 Å². The number of nitrogens with zero attached hydrogens (tertiary/aromatic N) is 2. The van der Waals surface area contributed by atoms with Crippen LogP contribution >= 0.6 is 11.6 Å². The lowest BCUT2D eigenvalue weighted by molar-refractivity contribution is -0.128. The molecule has 1 aliphatic heterocycles. The number of methoxy groups -OCH3 is 1. The van der Waals surface area contributed by atoms with E-state index in [1.165, 1.54) is 25.3 Å². The average molecular weight is 542 g/mol. The number of carbonyl (C=O) groups is 2. The molecule has 0 saturated carbocycles. The monoisotopic (exact) mass is 541 g/mol. The van der Waals surface area contributed by atoms with Crippen molar-refractivity contribution in [1.29, 1.82) is 0 Å². The molecule has 10 heteroatoms. The van der Waals surface area contributed by atoms with E-state index in [2.05, 4.69) is 5.32 Å². The Hall–Kier alpha value is -3.56. The highest BCUT2D eigenvalue weighted by Gasteiger charge is 2.27. The van der Waals surface area contributed by atoms with Gasteiger partial charge in [0.15, 0.2) is 0 Å². The number of ether oxygens (including phenoxy) is 1. The summed E-state index contributed by atoms with van der Waals surface area (Å²) in [6.07, 6.45) is 1.49. The van der Waals surface area contributed by atoms with E-state index in [4.69, 9.17) is 16.3 Å². The Morgan fingerprint density at radius 1 is 1.05 bits per heavy atom. The number of halogens is 1. The molecule has 0 aliphatic carbocycles. The van der Waals surface area contributed by atoms with Crippen LogP contribution in [0.3, 0.4) is 0 Å². The molecule has 37 heavy (non-hydrogen) atoms. The van der Waals surface area contributed by atoms with E-state index < -0.39 is 22.5 Å². The van der Waals surface area contributed by atoms with Crippen LogP contribution in [0.2, 0.25) is 5.02 Å². The molecule has 1 heterocycles. The SMILES string of the molecule is COc1ccc(S(=O)(=O)N(CC(=O)NCc2ccc(CN3CCCC3=O)cc2)c2cccc(Cl)c2)cc1. The molecule has 1 aliphatic rings. The number of hydrogen-bond donors (Lipinski definition) is 1. The second kappa shape index (κ2) is 11.7. The standard InChI is InChI=1S/C27H28ClN3O5S/c1-36-24-11-13-25(14-12-24)37(34,35)31(23-5-2-4-22(28)16-23)19-26(32)29-17-20-7-9-21(10-8-20)18-30-15-3-6-27(30)33/h2,4-5,7-14,16H,3,6,15,17-19H2,1H3,(H,29,32). The summed E-state index contributed by atoms with van der Waals surface area (Å²) in [7, 11) is -2.58. The fourth-order valence-corrected chi connectivity index (χ4v) is 5.66. The molecule has 0 bridgehead atoms. The number of sulfonamides is 1. The number of likely N-dealkylation sites (tertiary alicyclic amines) is 1. The number of amides is 2. The fourth-order valence-electron chi connectivity index (χ4n) is 4.06. The molecule has 3 aromatic rings. The molecule has 1 fully saturated rings. The highest BCUT2D eigenvalue weighted by molar-refractivity contribution is 7.92. The van der Waals surface area contributed by atoms with Crippen molar-refractivity contribution in [1.82, 2.24) is 10.2 Å². The normalized spacial score (nSPS) is 13.5. The lowest BCUT2D eigenvalue weighted by Gasteiger charge is -2.24. The van der Waals surface area contributed by atoms with E-state index in [-0.39, 0.29) is 23.0 Å². The summed E-state index contributed by atoms with van der Waals surface area (Å²) >= 11 is 6.12. The van der Waals surface area contributed by atoms with Crippen LogP contribution < -0.4 is 14.4 Å². The first-order chi connectivity index (χ1) is 17.8. The number of carbonyl (C=O) groups excluding carboxylic acids is 2. The predicted molar refractivity (Wildman–Crippen MR) is 142 cm³/mol. The van der Waals surface area contributed by atoms with Crippen LogP contribution in [0.4, 0.5) is 5.69 Å². The minimum atomic E-state index is -4.07. The van der Waals surface area contributed by atoms with Gasteiger partial charge in [-0.3, -0.25) is 13.9 Å². The molecular formula is C27H28ClN3O5S. The Morgan fingerprint density at radius 3 is 2.38 bits per heavy atom. The Labute approximate surface area is 221 Å². The van der Waals surface area contributed by atoms with Gasteiger partial charge in [0.05, 0.1) is 17.7 Å². The van der Waals surface area contributed by atoms with E-state index in [1.807, 2.05) is 29.2 Å². The summed E-state index contributed by atoms with van der Waals surface area (Å²) < 4.78 is 33.1. The quantitative estimate of drug-likeness (QED) is 0.419. The number of hydrogen-bond acceptors (Lipinski definition) is 5. The molecule has 0 spiro atoms. The first kappa shape index (κ1) is 26.5. The van der Waals surface area contributed by atoms with Crippen LogP contribution in [0.5, 0.6) is 5.75 Å². The van der Waals surface area contributed by atoms with E-state index >= 15 is 0 Å². The third-order valence-corrected chi connectivity index (χ3v) is 8.11. The van der Waals surface area contributed by atoms with Crippen molar-refractivity contribution in [2.24, 2.45) is 0 Å². The van der Waals surface area contributed by atoms with Crippen molar-refractivity contribution in [2.75, 3.05) is 24.5 Å². The van der Waals surface area contributed by atoms with Crippen molar-refractivity contribution >= 4 is 39.1 Å². The van der Waals surface area contributed by atoms with Gasteiger partial charge in [-0.1, -0.05) is 41.9 Å². The van der Waals surface area contributed by atoms with Crippen LogP contribution in [-0.2, 0) is 32.7 Å². The Balaban J connectivity index is 1.45. The Bertz CT molecular complexity index is 1360. The average Bonchev–Trinajstić information content (AvgIpc) is 3.30. The number of rotatable bonds is 10. The zero-order valence-corrected chi connectivity index (χ0v) is 22.0. The highest BCUT2D eigenvalue weighted by Crippen LogP contribution is 2.27. The Morgan fingerprint density at radius 2 is 1.76 bits per heavy atom. The summed E-state index contributed by atoms with van der Waals surface area (Å²) in [4.78, 5) is 26.6. The van der Waals surface area contributed by atoms with E-state index in [0.29, 0.717) is 23.7 Å². The molecule has 0 radical (unpaired) electrons. The summed E-state index contributed by atoms with van der Waals surface area (Å²) in [6, 6.07) is 19.9. The number of nitrogens with one attached hydrogen (secondary N) is 1. The third kappa shape index (κ3) is 6.61. The zero-order valence-electron chi connectivity index (χ0n) is 20.4. The van der Waals surface area contributed by atoms with Gasteiger partial charge in [0.1, 0.15) is 12.3 Å². The van der Waals surface area contributed by atoms with Crippen molar-refractivity contribution in [3.05, 3.63) is 88.9 Å². The van der Waals surface area contributed by atoms with Crippen molar-refractivity contribution in [3.63, 3.8) is 0 Å². The topological polar surface area (TPSA) is 96.0 Å². The van der Waals surface area contributed by atoms with E-state index in [9.17, 15) is 18.0 Å². The lowest BCUT2D eigenvalue weighted by atomic mass is 10.1. The molecule has 194 valence electrons. The van der Waals surface area contributed by atoms with Crippen molar-refractivity contribution < 1.29 is 22.7 Å². The minimum absolute atomic E-state index is 0.0214. The second-order valence-corrected chi connectivity index (χ2v) is 11.0. The maximum atomic E-state index is 13.5. The predicted octanol–water partition coefficient (Wildman–Crippen LogP) is 3.98. The van der Waals surface area contributed by atoms with Crippen LogP contribution in [-0.4, -0.2) is 45.3 Å². The molecule has 3 aromatic carbocycles. The van der Waals surface area contributed by atoms with Crippen LogP contribution in [0.15, 0.2) is 77.7 Å². The third-order valence-electron chi connectivity index (χ3n) is 6.09. The van der Waals surface area contributed by atoms with Crippen LogP contribution in [0.1, 0.15) is 24.0 Å². The lowest BCUT2D eigenvalue weighted by Crippen LogP contribution is -2.40. The summed E-state index contributed by atoms with van der Waals surface area (Å²) in [5, 5.41) is 3.14. The molecule has 0 atom stereocenters. The molecule has 0 unspecified atom stereocenters. The molecule has 1 N–H and O–H groups in total. The van der Waals surface area contributed by atoms with Gasteiger partial charge in [0.25, 0.3) is 10.0 Å². The van der Waals surface area contributed by atoms with Gasteiger partial charge < -0.3 is 15.0 Å². The van der Waals surface area contributed by atoms with Crippen LogP contribution in [0.25, 0.3) is 0 Å². The zero-order chi connectivity index (χ0) is 26.4. The smallest absolute Gasteiger partial charge is 0.264 e. The molecule has 4 rings (SSSR count). The van der Waals surface area contributed by atoms with Gasteiger partial charge >= 0.3 is 0 Å². The van der Waals surface area contributed by atoms with E-state index in [1.54, 1.807) is 30.3 Å². The molecule has 1 saturated heterocycles. The largest absolute Gasteiger partial charge is 0.497 e. The van der Waals surface area contributed by atoms with Crippen LogP contribution in [0, 0.1) is 0 Å². The first-order valence-corrected chi connectivity index (χ1v) is 13.6. The Kier molecular flexibility index (Phi) is 8.35.